The lowest BCUT2D eigenvalue weighted by molar-refractivity contribution is -0.131. The van der Waals surface area contributed by atoms with E-state index in [0.717, 1.165) is 17.3 Å². The summed E-state index contributed by atoms with van der Waals surface area (Å²) >= 11 is 19.3. The first-order valence-electron chi connectivity index (χ1n) is 10.9. The standard InChI is InChI=1S/C26H20Cl3N3O5S/c1-35-19-8-16(9-20(12-19)36-2)24-30-26(32-31-24)38-23(25(33)34)10-15-7-17(27)5-6-22(15)37-13-14-3-4-18(28)11-21(14)29/h3-12H,13H2,1-2H3,(H,33,34)(H,30,31,32)/b23-10-. The number of ether oxygens (including phenoxy) is 3. The van der Waals surface area contributed by atoms with Crippen LogP contribution >= 0.6 is 46.6 Å². The lowest BCUT2D eigenvalue weighted by Gasteiger charge is -2.12. The van der Waals surface area contributed by atoms with Crippen molar-refractivity contribution < 1.29 is 24.1 Å². The molecule has 0 saturated carbocycles. The molecule has 1 aromatic heterocycles. The molecule has 38 heavy (non-hydrogen) atoms. The molecule has 0 aliphatic rings. The van der Waals surface area contributed by atoms with Gasteiger partial charge in [-0.3, -0.25) is 5.10 Å². The molecular formula is C26H20Cl3N3O5S. The zero-order valence-corrected chi connectivity index (χ0v) is 23.1. The second-order valence-electron chi connectivity index (χ2n) is 7.69. The summed E-state index contributed by atoms with van der Waals surface area (Å²) in [6.07, 6.45) is 1.45. The van der Waals surface area contributed by atoms with Gasteiger partial charge in [0.25, 0.3) is 0 Å². The lowest BCUT2D eigenvalue weighted by Crippen LogP contribution is -2.00. The molecule has 4 aromatic rings. The first-order chi connectivity index (χ1) is 18.2. The molecule has 4 rings (SSSR count). The topological polar surface area (TPSA) is 107 Å². The van der Waals surface area contributed by atoms with Crippen molar-refractivity contribution in [3.8, 4) is 28.6 Å². The van der Waals surface area contributed by atoms with E-state index >= 15 is 0 Å². The molecule has 3 aromatic carbocycles. The maximum Gasteiger partial charge on any atom is 0.342 e. The summed E-state index contributed by atoms with van der Waals surface area (Å²) in [5, 5.41) is 18.5. The van der Waals surface area contributed by atoms with Crippen LogP contribution in [0.3, 0.4) is 0 Å². The van der Waals surface area contributed by atoms with Gasteiger partial charge in [-0.25, -0.2) is 9.78 Å². The predicted molar refractivity (Wildman–Crippen MR) is 149 cm³/mol. The number of halogens is 3. The zero-order valence-electron chi connectivity index (χ0n) is 20.0. The number of H-pyrrole nitrogens is 1. The van der Waals surface area contributed by atoms with Crippen molar-refractivity contribution in [2.24, 2.45) is 0 Å². The number of aliphatic carboxylic acids is 1. The quantitative estimate of drug-likeness (QED) is 0.147. The van der Waals surface area contributed by atoms with Crippen molar-refractivity contribution in [1.29, 1.82) is 0 Å². The maximum atomic E-state index is 12.1. The molecule has 0 aliphatic heterocycles. The van der Waals surface area contributed by atoms with Gasteiger partial charge in [0.15, 0.2) is 5.82 Å². The Morgan fingerprint density at radius 3 is 2.34 bits per heavy atom. The Labute approximate surface area is 237 Å². The van der Waals surface area contributed by atoms with E-state index in [2.05, 4.69) is 15.2 Å². The Hall–Kier alpha value is -3.37. The molecule has 0 fully saturated rings. The molecule has 0 spiro atoms. The van der Waals surface area contributed by atoms with Crippen LogP contribution in [-0.4, -0.2) is 40.5 Å². The molecule has 2 N–H and O–H groups in total. The van der Waals surface area contributed by atoms with E-state index < -0.39 is 5.97 Å². The number of hydrogen-bond donors (Lipinski definition) is 2. The number of aromatic amines is 1. The van der Waals surface area contributed by atoms with Crippen LogP contribution < -0.4 is 14.2 Å². The van der Waals surface area contributed by atoms with Gasteiger partial charge in [0, 0.05) is 37.8 Å². The third-order valence-electron chi connectivity index (χ3n) is 5.16. The van der Waals surface area contributed by atoms with E-state index in [1.165, 1.54) is 6.08 Å². The van der Waals surface area contributed by atoms with Crippen molar-refractivity contribution in [2.75, 3.05) is 14.2 Å². The molecule has 0 atom stereocenters. The summed E-state index contributed by atoms with van der Waals surface area (Å²) < 4.78 is 16.5. The number of carbonyl (C=O) groups is 1. The van der Waals surface area contributed by atoms with Crippen LogP contribution in [0.25, 0.3) is 17.5 Å². The van der Waals surface area contributed by atoms with Crippen molar-refractivity contribution >= 4 is 58.6 Å². The average molecular weight is 593 g/mol. The lowest BCUT2D eigenvalue weighted by atomic mass is 10.2. The molecule has 0 unspecified atom stereocenters. The molecule has 8 nitrogen and oxygen atoms in total. The minimum Gasteiger partial charge on any atom is -0.497 e. The van der Waals surface area contributed by atoms with E-state index in [1.807, 2.05) is 0 Å². The largest absolute Gasteiger partial charge is 0.497 e. The monoisotopic (exact) mass is 591 g/mol. The molecular weight excluding hydrogens is 573 g/mol. The molecule has 1 heterocycles. The number of carboxylic acids is 1. The fourth-order valence-electron chi connectivity index (χ4n) is 3.30. The molecule has 0 saturated heterocycles. The second-order valence-corrected chi connectivity index (χ2v) is 9.98. The summed E-state index contributed by atoms with van der Waals surface area (Å²) in [6, 6.07) is 15.2. The Morgan fingerprint density at radius 1 is 1.00 bits per heavy atom. The highest BCUT2D eigenvalue weighted by atomic mass is 35.5. The molecule has 0 amide bonds. The van der Waals surface area contributed by atoms with Crippen molar-refractivity contribution in [1.82, 2.24) is 15.2 Å². The van der Waals surface area contributed by atoms with Gasteiger partial charge in [-0.2, -0.15) is 0 Å². The number of thioether (sulfide) groups is 1. The first kappa shape index (κ1) is 27.7. The van der Waals surface area contributed by atoms with Crippen LogP contribution in [0.5, 0.6) is 17.2 Å². The van der Waals surface area contributed by atoms with Gasteiger partial charge >= 0.3 is 5.97 Å². The number of benzene rings is 3. The third kappa shape index (κ3) is 6.93. The van der Waals surface area contributed by atoms with E-state index in [9.17, 15) is 9.90 Å². The Morgan fingerprint density at radius 2 is 1.68 bits per heavy atom. The molecule has 0 bridgehead atoms. The summed E-state index contributed by atoms with van der Waals surface area (Å²) in [5.41, 5.74) is 1.84. The van der Waals surface area contributed by atoms with Crippen LogP contribution in [0.1, 0.15) is 11.1 Å². The van der Waals surface area contributed by atoms with E-state index in [4.69, 9.17) is 49.0 Å². The van der Waals surface area contributed by atoms with Crippen molar-refractivity contribution in [3.05, 3.63) is 85.7 Å². The predicted octanol–water partition coefficient (Wildman–Crippen LogP) is 7.25. The van der Waals surface area contributed by atoms with Gasteiger partial charge in [0.05, 0.1) is 14.2 Å². The van der Waals surface area contributed by atoms with Gasteiger partial charge in [-0.1, -0.05) is 40.9 Å². The number of nitrogens with one attached hydrogen (secondary N) is 1. The van der Waals surface area contributed by atoms with Gasteiger partial charge in [-0.05, 0) is 60.3 Å². The van der Waals surface area contributed by atoms with Gasteiger partial charge in [-0.15, -0.1) is 5.10 Å². The highest BCUT2D eigenvalue weighted by molar-refractivity contribution is 8.04. The van der Waals surface area contributed by atoms with Crippen molar-refractivity contribution in [3.63, 3.8) is 0 Å². The van der Waals surface area contributed by atoms with E-state index in [1.54, 1.807) is 68.8 Å². The van der Waals surface area contributed by atoms with Crippen molar-refractivity contribution in [2.45, 2.75) is 11.8 Å². The number of carboxylic acid groups (broad SMARTS) is 1. The Bertz CT molecular complexity index is 1490. The van der Waals surface area contributed by atoms with Crippen LogP contribution in [0.15, 0.2) is 64.7 Å². The Kier molecular flexibility index (Phi) is 9.06. The average Bonchev–Trinajstić information content (AvgIpc) is 3.37. The normalized spacial score (nSPS) is 11.3. The highest BCUT2D eigenvalue weighted by Gasteiger charge is 2.17. The van der Waals surface area contributed by atoms with Crippen LogP contribution in [-0.2, 0) is 11.4 Å². The van der Waals surface area contributed by atoms with Crippen LogP contribution in [0, 0.1) is 0 Å². The van der Waals surface area contributed by atoms with Gasteiger partial charge < -0.3 is 19.3 Å². The zero-order chi connectivity index (χ0) is 27.2. The smallest absolute Gasteiger partial charge is 0.342 e. The van der Waals surface area contributed by atoms with E-state index in [-0.39, 0.29) is 16.7 Å². The summed E-state index contributed by atoms with van der Waals surface area (Å²) in [7, 11) is 3.09. The summed E-state index contributed by atoms with van der Waals surface area (Å²) in [4.78, 5) is 16.5. The third-order valence-corrected chi connectivity index (χ3v) is 6.86. The van der Waals surface area contributed by atoms with Crippen LogP contribution in [0.2, 0.25) is 15.1 Å². The number of hydrogen-bond acceptors (Lipinski definition) is 7. The molecule has 196 valence electrons. The first-order valence-corrected chi connectivity index (χ1v) is 12.9. The molecule has 12 heteroatoms. The van der Waals surface area contributed by atoms with Crippen LogP contribution in [0.4, 0.5) is 0 Å². The highest BCUT2D eigenvalue weighted by Crippen LogP contribution is 2.33. The summed E-state index contributed by atoms with van der Waals surface area (Å²) in [5.74, 6) is 0.810. The molecule has 0 aliphatic carbocycles. The minimum absolute atomic E-state index is 0.0459. The Balaban J connectivity index is 1.59. The second kappa shape index (κ2) is 12.4. The number of aromatic nitrogens is 3. The SMILES string of the molecule is COc1cc(OC)cc(-c2nc(S/C(=C\c3cc(Cl)ccc3OCc3ccc(Cl)cc3Cl)C(=O)O)n[nH]2)c1. The van der Waals surface area contributed by atoms with Gasteiger partial charge in [0.2, 0.25) is 5.16 Å². The number of rotatable bonds is 10. The van der Waals surface area contributed by atoms with Gasteiger partial charge in [0.1, 0.15) is 28.8 Å². The minimum atomic E-state index is -1.17. The fourth-order valence-corrected chi connectivity index (χ4v) is 4.64. The molecule has 0 radical (unpaired) electrons. The number of methoxy groups -OCH3 is 2. The fraction of sp³-hybridized carbons (Fsp3) is 0.115. The van der Waals surface area contributed by atoms with E-state index in [0.29, 0.717) is 49.3 Å². The maximum absolute atomic E-state index is 12.1. The summed E-state index contributed by atoms with van der Waals surface area (Å²) in [6.45, 7) is 0.141. The number of nitrogens with zero attached hydrogens (tertiary/aromatic N) is 2.